The highest BCUT2D eigenvalue weighted by atomic mass is 19.1. The zero-order valence-electron chi connectivity index (χ0n) is 10.9. The molecular formula is C13H18FN3O2. The van der Waals surface area contributed by atoms with Gasteiger partial charge in [0.05, 0.1) is 4.92 Å². The van der Waals surface area contributed by atoms with E-state index in [1.807, 2.05) is 7.05 Å². The number of likely N-dealkylation sites (tertiary alicyclic amines) is 1. The van der Waals surface area contributed by atoms with E-state index in [-0.39, 0.29) is 11.4 Å². The number of piperidine rings is 1. The Morgan fingerprint density at radius 3 is 3.00 bits per heavy atom. The first-order valence-electron chi connectivity index (χ1n) is 6.46. The molecule has 0 aliphatic carbocycles. The molecule has 1 aliphatic rings. The minimum Gasteiger partial charge on any atom is -0.376 e. The number of nitro groups is 1. The molecule has 2 rings (SSSR count). The maximum atomic E-state index is 13.7. The molecule has 1 unspecified atom stereocenters. The molecule has 1 fully saturated rings. The van der Waals surface area contributed by atoms with Gasteiger partial charge in [0.25, 0.3) is 5.69 Å². The summed E-state index contributed by atoms with van der Waals surface area (Å²) in [6.07, 6.45) is 3.36. The number of nitrogens with one attached hydrogen (secondary N) is 1. The van der Waals surface area contributed by atoms with Gasteiger partial charge in [-0.25, -0.2) is 4.39 Å². The quantitative estimate of drug-likeness (QED) is 0.673. The Bertz CT molecular complexity index is 467. The smallest absolute Gasteiger partial charge is 0.295 e. The molecule has 104 valence electrons. The van der Waals surface area contributed by atoms with Gasteiger partial charge in [-0.15, -0.1) is 0 Å². The zero-order chi connectivity index (χ0) is 13.8. The van der Waals surface area contributed by atoms with Crippen LogP contribution in [0.15, 0.2) is 18.2 Å². The van der Waals surface area contributed by atoms with Crippen LogP contribution in [0.2, 0.25) is 0 Å². The first kappa shape index (κ1) is 13.7. The lowest BCUT2D eigenvalue weighted by molar-refractivity contribution is -0.384. The molecule has 1 aliphatic heterocycles. The molecule has 0 bridgehead atoms. The van der Waals surface area contributed by atoms with Gasteiger partial charge in [0.2, 0.25) is 0 Å². The molecule has 0 aromatic heterocycles. The van der Waals surface area contributed by atoms with Crippen molar-refractivity contribution in [1.82, 2.24) is 4.90 Å². The summed E-state index contributed by atoms with van der Waals surface area (Å²) in [5, 5.41) is 13.8. The third kappa shape index (κ3) is 3.20. The number of anilines is 1. The van der Waals surface area contributed by atoms with Gasteiger partial charge in [-0.2, -0.15) is 0 Å². The fourth-order valence-electron chi connectivity index (χ4n) is 2.46. The van der Waals surface area contributed by atoms with Crippen molar-refractivity contribution < 1.29 is 9.31 Å². The van der Waals surface area contributed by atoms with Crippen LogP contribution in [0.5, 0.6) is 0 Å². The normalized spacial score (nSPS) is 20.2. The first-order valence-corrected chi connectivity index (χ1v) is 6.46. The largest absolute Gasteiger partial charge is 0.376 e. The predicted molar refractivity (Wildman–Crippen MR) is 71.8 cm³/mol. The number of nitro benzene ring substituents is 1. The van der Waals surface area contributed by atoms with Gasteiger partial charge in [0, 0.05) is 18.7 Å². The molecule has 6 heteroatoms. The third-order valence-electron chi connectivity index (χ3n) is 3.62. The maximum Gasteiger partial charge on any atom is 0.295 e. The second-order valence-electron chi connectivity index (χ2n) is 4.90. The number of halogens is 1. The van der Waals surface area contributed by atoms with Crippen LogP contribution in [0, 0.1) is 15.9 Å². The summed E-state index contributed by atoms with van der Waals surface area (Å²) in [5.74, 6) is -0.576. The van der Waals surface area contributed by atoms with Crippen molar-refractivity contribution in [2.45, 2.75) is 25.3 Å². The van der Waals surface area contributed by atoms with Crippen LogP contribution in [0.4, 0.5) is 15.8 Å². The standard InChI is InChI=1S/C13H18FN3O2/c1-16-8-3-2-5-10(16)9-15-13-11(14)6-4-7-12(13)17(18)19/h4,6-7,10,15H,2-3,5,8-9H2,1H3. The third-order valence-corrected chi connectivity index (χ3v) is 3.62. The molecule has 1 saturated heterocycles. The Hall–Kier alpha value is -1.69. The molecule has 1 heterocycles. The number of likely N-dealkylation sites (N-methyl/N-ethyl adjacent to an activating group) is 1. The lowest BCUT2D eigenvalue weighted by Crippen LogP contribution is -2.40. The van der Waals surface area contributed by atoms with Gasteiger partial charge < -0.3 is 10.2 Å². The fourth-order valence-corrected chi connectivity index (χ4v) is 2.46. The molecule has 1 atom stereocenters. The monoisotopic (exact) mass is 267 g/mol. The van der Waals surface area contributed by atoms with Crippen LogP contribution in [-0.4, -0.2) is 36.0 Å². The van der Waals surface area contributed by atoms with Crippen molar-refractivity contribution in [2.75, 3.05) is 25.5 Å². The highest BCUT2D eigenvalue weighted by Gasteiger charge is 2.22. The lowest BCUT2D eigenvalue weighted by atomic mass is 10.0. The summed E-state index contributed by atoms with van der Waals surface area (Å²) < 4.78 is 13.7. The van der Waals surface area contributed by atoms with Gasteiger partial charge in [0.1, 0.15) is 5.69 Å². The van der Waals surface area contributed by atoms with E-state index in [1.54, 1.807) is 0 Å². The molecule has 1 aromatic carbocycles. The van der Waals surface area contributed by atoms with E-state index in [1.165, 1.54) is 24.6 Å². The molecule has 19 heavy (non-hydrogen) atoms. The highest BCUT2D eigenvalue weighted by molar-refractivity contribution is 5.62. The number of rotatable bonds is 4. The van der Waals surface area contributed by atoms with Crippen LogP contribution in [0.3, 0.4) is 0 Å². The molecule has 5 nitrogen and oxygen atoms in total. The van der Waals surface area contributed by atoms with Crippen molar-refractivity contribution >= 4 is 11.4 Å². The Morgan fingerprint density at radius 1 is 1.53 bits per heavy atom. The van der Waals surface area contributed by atoms with Gasteiger partial charge in [0.15, 0.2) is 5.82 Å². The molecule has 1 aromatic rings. The number of hydrogen-bond acceptors (Lipinski definition) is 4. The van der Waals surface area contributed by atoms with Crippen LogP contribution in [0.1, 0.15) is 19.3 Å². The minimum absolute atomic E-state index is 0.00789. The highest BCUT2D eigenvalue weighted by Crippen LogP contribution is 2.27. The fraction of sp³-hybridized carbons (Fsp3) is 0.538. The topological polar surface area (TPSA) is 58.4 Å². The summed E-state index contributed by atoms with van der Waals surface area (Å²) in [7, 11) is 2.03. The van der Waals surface area contributed by atoms with E-state index >= 15 is 0 Å². The van der Waals surface area contributed by atoms with Crippen molar-refractivity contribution in [2.24, 2.45) is 0 Å². The second-order valence-corrected chi connectivity index (χ2v) is 4.90. The number of para-hydroxylation sites is 1. The molecular weight excluding hydrogens is 249 g/mol. The summed E-state index contributed by atoms with van der Waals surface area (Å²) >= 11 is 0. The minimum atomic E-state index is -0.576. The van der Waals surface area contributed by atoms with Crippen LogP contribution in [0.25, 0.3) is 0 Å². The first-order chi connectivity index (χ1) is 9.09. The lowest BCUT2D eigenvalue weighted by Gasteiger charge is -2.32. The van der Waals surface area contributed by atoms with E-state index in [9.17, 15) is 14.5 Å². The summed E-state index contributed by atoms with van der Waals surface area (Å²) in [6, 6.07) is 4.20. The van der Waals surface area contributed by atoms with Crippen LogP contribution in [-0.2, 0) is 0 Å². The SMILES string of the molecule is CN1CCCCC1CNc1c(F)cccc1[N+](=O)[O-]. The van der Waals surface area contributed by atoms with Gasteiger partial charge in [-0.1, -0.05) is 12.5 Å². The average molecular weight is 267 g/mol. The van der Waals surface area contributed by atoms with Crippen molar-refractivity contribution in [3.63, 3.8) is 0 Å². The van der Waals surface area contributed by atoms with Gasteiger partial charge >= 0.3 is 0 Å². The Labute approximate surface area is 111 Å². The van der Waals surface area contributed by atoms with Crippen LogP contribution >= 0.6 is 0 Å². The average Bonchev–Trinajstić information content (AvgIpc) is 2.38. The predicted octanol–water partition coefficient (Wildman–Crippen LogP) is 2.63. The molecule has 0 spiro atoms. The number of nitrogens with zero attached hydrogens (tertiary/aromatic N) is 2. The Balaban J connectivity index is 2.08. The number of benzene rings is 1. The molecule has 1 N–H and O–H groups in total. The summed E-state index contributed by atoms with van der Waals surface area (Å²) in [6.45, 7) is 1.55. The number of hydrogen-bond donors (Lipinski definition) is 1. The Morgan fingerprint density at radius 2 is 2.32 bits per heavy atom. The molecule has 0 radical (unpaired) electrons. The van der Waals surface area contributed by atoms with Gasteiger partial charge in [-0.3, -0.25) is 10.1 Å². The maximum absolute atomic E-state index is 13.7. The summed E-state index contributed by atoms with van der Waals surface area (Å²) in [4.78, 5) is 12.5. The van der Waals surface area contributed by atoms with E-state index in [0.29, 0.717) is 12.6 Å². The zero-order valence-corrected chi connectivity index (χ0v) is 10.9. The van der Waals surface area contributed by atoms with Crippen LogP contribution < -0.4 is 5.32 Å². The van der Waals surface area contributed by atoms with Gasteiger partial charge in [-0.05, 0) is 32.5 Å². The summed E-state index contributed by atoms with van der Waals surface area (Å²) in [5.41, 5.74) is -0.218. The van der Waals surface area contributed by atoms with Crippen molar-refractivity contribution in [3.05, 3.63) is 34.1 Å². The van der Waals surface area contributed by atoms with E-state index in [2.05, 4.69) is 10.2 Å². The van der Waals surface area contributed by atoms with E-state index in [0.717, 1.165) is 19.4 Å². The Kier molecular flexibility index (Phi) is 4.31. The second kappa shape index (κ2) is 5.97. The van der Waals surface area contributed by atoms with E-state index < -0.39 is 10.7 Å². The van der Waals surface area contributed by atoms with E-state index in [4.69, 9.17) is 0 Å². The van der Waals surface area contributed by atoms with Crippen molar-refractivity contribution in [3.8, 4) is 0 Å². The molecule has 0 saturated carbocycles. The van der Waals surface area contributed by atoms with Crippen molar-refractivity contribution in [1.29, 1.82) is 0 Å². The molecule has 0 amide bonds.